The number of anilines is 1. The maximum absolute atomic E-state index is 12.1. The number of nitrogens with two attached hydrogens (primary N) is 1. The molecule has 98 valence electrons. The summed E-state index contributed by atoms with van der Waals surface area (Å²) in [5, 5.41) is 3.05. The van der Waals surface area contributed by atoms with Crippen molar-refractivity contribution >= 4 is 23.4 Å². The van der Waals surface area contributed by atoms with E-state index in [2.05, 4.69) is 11.6 Å². The molecular formula is C14H20N2OS. The van der Waals surface area contributed by atoms with Crippen LogP contribution in [0.3, 0.4) is 0 Å². The molecule has 0 aliphatic heterocycles. The van der Waals surface area contributed by atoms with Crippen LogP contribution in [-0.2, 0) is 0 Å². The molecule has 0 saturated heterocycles. The minimum Gasteiger partial charge on any atom is -0.399 e. The molecule has 0 aromatic heterocycles. The van der Waals surface area contributed by atoms with Gasteiger partial charge < -0.3 is 11.1 Å². The number of nitrogens with one attached hydrogen (secondary N) is 1. The van der Waals surface area contributed by atoms with E-state index in [1.54, 1.807) is 6.07 Å². The fourth-order valence-electron chi connectivity index (χ4n) is 2.25. The lowest BCUT2D eigenvalue weighted by molar-refractivity contribution is 0.0943. The second-order valence-corrected chi connectivity index (χ2v) is 6.27. The van der Waals surface area contributed by atoms with E-state index in [0.717, 1.165) is 12.1 Å². The first kappa shape index (κ1) is 13.3. The van der Waals surface area contributed by atoms with Crippen LogP contribution in [-0.4, -0.2) is 23.5 Å². The van der Waals surface area contributed by atoms with Gasteiger partial charge in [0, 0.05) is 22.5 Å². The van der Waals surface area contributed by atoms with Gasteiger partial charge in [0.25, 0.3) is 5.91 Å². The maximum Gasteiger partial charge on any atom is 0.251 e. The molecule has 0 heterocycles. The first-order chi connectivity index (χ1) is 8.56. The van der Waals surface area contributed by atoms with Gasteiger partial charge in [-0.3, -0.25) is 4.79 Å². The van der Waals surface area contributed by atoms with Gasteiger partial charge in [-0.1, -0.05) is 12.5 Å². The minimum absolute atomic E-state index is 0.0138. The summed E-state index contributed by atoms with van der Waals surface area (Å²) in [6.07, 6.45) is 5.79. The number of hydrogen-bond acceptors (Lipinski definition) is 3. The van der Waals surface area contributed by atoms with Crippen molar-refractivity contribution in [2.24, 2.45) is 0 Å². The third-order valence-electron chi connectivity index (χ3n) is 3.78. The van der Waals surface area contributed by atoms with Crippen LogP contribution >= 0.6 is 11.8 Å². The lowest BCUT2D eigenvalue weighted by Gasteiger charge is -2.40. The predicted molar refractivity (Wildman–Crippen MR) is 78.0 cm³/mol. The van der Waals surface area contributed by atoms with E-state index in [4.69, 9.17) is 5.73 Å². The molecule has 0 atom stereocenters. The summed E-state index contributed by atoms with van der Waals surface area (Å²) in [6, 6.07) is 5.45. The Bertz CT molecular complexity index is 450. The zero-order valence-corrected chi connectivity index (χ0v) is 11.8. The highest BCUT2D eigenvalue weighted by molar-refractivity contribution is 8.00. The molecule has 2 rings (SSSR count). The van der Waals surface area contributed by atoms with Crippen molar-refractivity contribution in [1.82, 2.24) is 5.32 Å². The highest BCUT2D eigenvalue weighted by atomic mass is 32.2. The highest BCUT2D eigenvalue weighted by Gasteiger charge is 2.36. The molecule has 1 amide bonds. The van der Waals surface area contributed by atoms with Gasteiger partial charge in [0.1, 0.15) is 0 Å². The van der Waals surface area contributed by atoms with Crippen molar-refractivity contribution < 1.29 is 4.79 Å². The first-order valence-corrected chi connectivity index (χ1v) is 7.48. The molecule has 1 fully saturated rings. The van der Waals surface area contributed by atoms with Gasteiger partial charge in [-0.05, 0) is 43.7 Å². The molecule has 0 spiro atoms. The third-order valence-corrected chi connectivity index (χ3v) is 5.19. The molecule has 3 nitrogen and oxygen atoms in total. The van der Waals surface area contributed by atoms with E-state index >= 15 is 0 Å². The van der Waals surface area contributed by atoms with E-state index in [9.17, 15) is 4.79 Å². The number of hydrogen-bond donors (Lipinski definition) is 2. The lowest BCUT2D eigenvalue weighted by Crippen LogP contribution is -2.45. The molecule has 0 unspecified atom stereocenters. The molecular weight excluding hydrogens is 244 g/mol. The van der Waals surface area contributed by atoms with E-state index in [1.165, 1.54) is 19.3 Å². The molecule has 1 aliphatic rings. The number of rotatable bonds is 4. The highest BCUT2D eigenvalue weighted by Crippen LogP contribution is 2.42. The Balaban J connectivity index is 2.01. The number of nitrogen functional groups attached to an aromatic ring is 1. The quantitative estimate of drug-likeness (QED) is 0.822. The van der Waals surface area contributed by atoms with Gasteiger partial charge in [0.05, 0.1) is 0 Å². The number of carbonyl (C=O) groups is 1. The maximum atomic E-state index is 12.1. The van der Waals surface area contributed by atoms with Crippen molar-refractivity contribution in [3.8, 4) is 0 Å². The Morgan fingerprint density at radius 1 is 1.50 bits per heavy atom. The summed E-state index contributed by atoms with van der Waals surface area (Å²) in [5.41, 5.74) is 8.01. The summed E-state index contributed by atoms with van der Waals surface area (Å²) in [7, 11) is 0. The average molecular weight is 264 g/mol. The number of thioether (sulfide) groups is 1. The van der Waals surface area contributed by atoms with Crippen LogP contribution in [0.2, 0.25) is 0 Å². The number of amides is 1. The van der Waals surface area contributed by atoms with Crippen LogP contribution in [0.1, 0.15) is 35.2 Å². The van der Waals surface area contributed by atoms with Gasteiger partial charge in [0.15, 0.2) is 0 Å². The fraction of sp³-hybridized carbons (Fsp3) is 0.500. The van der Waals surface area contributed by atoms with Crippen LogP contribution in [0.15, 0.2) is 18.2 Å². The summed E-state index contributed by atoms with van der Waals surface area (Å²) >= 11 is 1.86. The SMILES string of the molecule is CSC1(CNC(=O)c2cc(N)ccc2C)CCC1. The Kier molecular flexibility index (Phi) is 3.85. The number of benzene rings is 1. The Hall–Kier alpha value is -1.16. The van der Waals surface area contributed by atoms with Gasteiger partial charge in [-0.2, -0.15) is 11.8 Å². The van der Waals surface area contributed by atoms with Crippen molar-refractivity contribution in [2.75, 3.05) is 18.5 Å². The molecule has 18 heavy (non-hydrogen) atoms. The largest absolute Gasteiger partial charge is 0.399 e. The van der Waals surface area contributed by atoms with Gasteiger partial charge >= 0.3 is 0 Å². The summed E-state index contributed by atoms with van der Waals surface area (Å²) < 4.78 is 0.268. The van der Waals surface area contributed by atoms with E-state index in [1.807, 2.05) is 30.8 Å². The molecule has 1 aromatic carbocycles. The van der Waals surface area contributed by atoms with E-state index in [-0.39, 0.29) is 10.7 Å². The topological polar surface area (TPSA) is 55.1 Å². The van der Waals surface area contributed by atoms with Crippen LogP contribution in [0.4, 0.5) is 5.69 Å². The summed E-state index contributed by atoms with van der Waals surface area (Å²) in [5.74, 6) is -0.0138. The molecule has 1 aromatic rings. The van der Waals surface area contributed by atoms with Crippen LogP contribution < -0.4 is 11.1 Å². The standard InChI is InChI=1S/C14H20N2OS/c1-10-4-5-11(15)8-12(10)13(17)16-9-14(18-2)6-3-7-14/h4-5,8H,3,6-7,9,15H2,1-2H3,(H,16,17). The molecule has 0 bridgehead atoms. The number of aryl methyl sites for hydroxylation is 1. The molecule has 3 N–H and O–H groups in total. The summed E-state index contributed by atoms with van der Waals surface area (Å²) in [6.45, 7) is 2.68. The fourth-order valence-corrected chi connectivity index (χ4v) is 3.16. The van der Waals surface area contributed by atoms with Crippen molar-refractivity contribution in [3.05, 3.63) is 29.3 Å². The lowest BCUT2D eigenvalue weighted by atomic mass is 9.84. The molecule has 0 radical (unpaired) electrons. The van der Waals surface area contributed by atoms with E-state index in [0.29, 0.717) is 11.3 Å². The Labute approximate surface area is 113 Å². The number of carbonyl (C=O) groups excluding carboxylic acids is 1. The zero-order valence-electron chi connectivity index (χ0n) is 11.0. The normalized spacial score (nSPS) is 17.0. The predicted octanol–water partition coefficient (Wildman–Crippen LogP) is 2.59. The Morgan fingerprint density at radius 2 is 2.22 bits per heavy atom. The smallest absolute Gasteiger partial charge is 0.251 e. The van der Waals surface area contributed by atoms with Crippen molar-refractivity contribution in [2.45, 2.75) is 30.9 Å². The minimum atomic E-state index is -0.0138. The van der Waals surface area contributed by atoms with Crippen molar-refractivity contribution in [3.63, 3.8) is 0 Å². The van der Waals surface area contributed by atoms with Crippen molar-refractivity contribution in [1.29, 1.82) is 0 Å². The molecule has 1 aliphatic carbocycles. The van der Waals surface area contributed by atoms with Crippen LogP contribution in [0, 0.1) is 6.92 Å². The third kappa shape index (κ3) is 2.64. The van der Waals surface area contributed by atoms with E-state index < -0.39 is 0 Å². The average Bonchev–Trinajstić information content (AvgIpc) is 2.31. The van der Waals surface area contributed by atoms with Crippen LogP contribution in [0.25, 0.3) is 0 Å². The molecule has 1 saturated carbocycles. The van der Waals surface area contributed by atoms with Gasteiger partial charge in [-0.25, -0.2) is 0 Å². The second-order valence-electron chi connectivity index (χ2n) is 5.00. The Morgan fingerprint density at radius 3 is 2.78 bits per heavy atom. The second kappa shape index (κ2) is 5.22. The zero-order chi connectivity index (χ0) is 13.2. The first-order valence-electron chi connectivity index (χ1n) is 6.26. The molecule has 4 heteroatoms. The van der Waals surface area contributed by atoms with Crippen LogP contribution in [0.5, 0.6) is 0 Å². The monoisotopic (exact) mass is 264 g/mol. The van der Waals surface area contributed by atoms with Gasteiger partial charge in [-0.15, -0.1) is 0 Å². The summed E-state index contributed by atoms with van der Waals surface area (Å²) in [4.78, 5) is 12.1. The van der Waals surface area contributed by atoms with Gasteiger partial charge in [0.2, 0.25) is 0 Å².